The average Bonchev–Trinajstić information content (AvgIpc) is 2.63. The number of anilines is 1. The number of nitrogens with one attached hydrogen (secondary N) is 2. The van der Waals surface area contributed by atoms with Crippen molar-refractivity contribution in [1.82, 2.24) is 10.2 Å². The monoisotopic (exact) mass is 393 g/mol. The molecule has 0 radical (unpaired) electrons. The van der Waals surface area contributed by atoms with E-state index < -0.39 is 0 Å². The number of halogens is 1. The number of piperidine rings is 1. The molecule has 0 spiro atoms. The Bertz CT molecular complexity index is 723. The molecule has 1 saturated carbocycles. The Hall–Kier alpha value is -1.79. The fraction of sp³-hybridized carbons (Fsp3) is 0.600. The summed E-state index contributed by atoms with van der Waals surface area (Å²) in [7, 11) is 3.66. The van der Waals surface area contributed by atoms with Crippen LogP contribution in [0.4, 0.5) is 5.69 Å². The van der Waals surface area contributed by atoms with Crippen LogP contribution in [0.1, 0.15) is 49.4 Å². The molecule has 2 aliphatic rings. The molecule has 1 aliphatic carbocycles. The smallest absolute Gasteiger partial charge is 0.255 e. The van der Waals surface area contributed by atoms with Gasteiger partial charge < -0.3 is 20.3 Å². The zero-order valence-corrected chi connectivity index (χ0v) is 16.9. The number of ether oxygens (including phenoxy) is 1. The van der Waals surface area contributed by atoms with Gasteiger partial charge in [-0.25, -0.2) is 0 Å². The number of carbonyl (C=O) groups excluding carboxylic acids is 2. The third-order valence-electron chi connectivity index (χ3n) is 5.74. The normalized spacial score (nSPS) is 25.4. The van der Waals surface area contributed by atoms with Crippen LogP contribution >= 0.6 is 11.6 Å². The highest BCUT2D eigenvalue weighted by Crippen LogP contribution is 2.36. The molecule has 1 aromatic rings. The zero-order chi connectivity index (χ0) is 19.6. The number of hydrogen-bond acceptors (Lipinski definition) is 4. The van der Waals surface area contributed by atoms with E-state index in [9.17, 15) is 9.59 Å². The molecule has 3 rings (SSSR count). The maximum absolute atomic E-state index is 13.0. The molecule has 27 heavy (non-hydrogen) atoms. The minimum atomic E-state index is -0.232. The van der Waals surface area contributed by atoms with Crippen LogP contribution in [0.5, 0.6) is 5.75 Å². The van der Waals surface area contributed by atoms with Crippen molar-refractivity contribution in [3.8, 4) is 5.75 Å². The molecule has 0 bridgehead atoms. The average molecular weight is 394 g/mol. The minimum absolute atomic E-state index is 0.125. The molecule has 2 fully saturated rings. The minimum Gasteiger partial charge on any atom is -0.496 e. The molecule has 148 valence electrons. The van der Waals surface area contributed by atoms with E-state index in [4.69, 9.17) is 16.3 Å². The molecule has 1 saturated heterocycles. The van der Waals surface area contributed by atoms with Gasteiger partial charge in [-0.05, 0) is 51.3 Å². The summed E-state index contributed by atoms with van der Waals surface area (Å²) >= 11 is 6.26. The molecule has 3 unspecified atom stereocenters. The standard InChI is InChI=1S/C20H28ClN3O3/c1-12(25)22-17-11-18(27-3)14(10-15(17)21)20(26)23-16-8-4-6-13-7-5-9-24(2)19(13)16/h10-11,13,16,19H,4-9H2,1-3H3,(H,22,25)(H,23,26). The summed E-state index contributed by atoms with van der Waals surface area (Å²) in [5.41, 5.74) is 0.819. The van der Waals surface area contributed by atoms with Gasteiger partial charge in [0.25, 0.3) is 5.91 Å². The number of rotatable bonds is 4. The Morgan fingerprint density at radius 1 is 1.22 bits per heavy atom. The second kappa shape index (κ2) is 8.48. The van der Waals surface area contributed by atoms with Crippen molar-refractivity contribution in [1.29, 1.82) is 0 Å². The van der Waals surface area contributed by atoms with Crippen molar-refractivity contribution in [3.63, 3.8) is 0 Å². The quantitative estimate of drug-likeness (QED) is 0.823. The number of likely N-dealkylation sites (tertiary alicyclic amines) is 1. The van der Waals surface area contributed by atoms with E-state index in [1.54, 1.807) is 12.1 Å². The number of likely N-dealkylation sites (N-methyl/N-ethyl adjacent to an activating group) is 1. The zero-order valence-electron chi connectivity index (χ0n) is 16.2. The molecular formula is C20H28ClN3O3. The van der Waals surface area contributed by atoms with Crippen molar-refractivity contribution >= 4 is 29.1 Å². The lowest BCUT2D eigenvalue weighted by atomic mass is 9.75. The summed E-state index contributed by atoms with van der Waals surface area (Å²) in [4.78, 5) is 26.7. The van der Waals surface area contributed by atoms with E-state index in [1.807, 2.05) is 0 Å². The first kappa shape index (κ1) is 20.0. The van der Waals surface area contributed by atoms with Gasteiger partial charge in [-0.1, -0.05) is 18.0 Å². The van der Waals surface area contributed by atoms with Crippen LogP contribution in [0.3, 0.4) is 0 Å². The lowest BCUT2D eigenvalue weighted by Crippen LogP contribution is -2.58. The Morgan fingerprint density at radius 2 is 1.96 bits per heavy atom. The fourth-order valence-corrected chi connectivity index (χ4v) is 4.80. The lowest BCUT2D eigenvalue weighted by molar-refractivity contribution is -0.114. The fourth-order valence-electron chi connectivity index (χ4n) is 4.59. The summed E-state index contributed by atoms with van der Waals surface area (Å²) in [5.74, 6) is 0.623. The van der Waals surface area contributed by atoms with E-state index in [0.29, 0.717) is 34.0 Å². The predicted molar refractivity (Wildman–Crippen MR) is 107 cm³/mol. The molecule has 1 heterocycles. The topological polar surface area (TPSA) is 70.7 Å². The SMILES string of the molecule is COc1cc(NC(C)=O)c(Cl)cc1C(=O)NC1CCCC2CCCN(C)C21. The molecular weight excluding hydrogens is 366 g/mol. The Labute approximate surface area is 165 Å². The van der Waals surface area contributed by atoms with Gasteiger partial charge in [-0.3, -0.25) is 9.59 Å². The molecule has 2 N–H and O–H groups in total. The highest BCUT2D eigenvalue weighted by atomic mass is 35.5. The molecule has 1 aromatic carbocycles. The van der Waals surface area contributed by atoms with E-state index in [1.165, 1.54) is 33.3 Å². The van der Waals surface area contributed by atoms with Crippen molar-refractivity contribution in [2.45, 2.75) is 51.1 Å². The van der Waals surface area contributed by atoms with Crippen LogP contribution in [-0.4, -0.2) is 49.5 Å². The number of fused-ring (bicyclic) bond motifs is 1. The van der Waals surface area contributed by atoms with Crippen molar-refractivity contribution in [3.05, 3.63) is 22.7 Å². The number of amides is 2. The van der Waals surface area contributed by atoms with Crippen molar-refractivity contribution in [2.24, 2.45) is 5.92 Å². The second-order valence-corrected chi connectivity index (χ2v) is 8.01. The van der Waals surface area contributed by atoms with E-state index in [-0.39, 0.29) is 17.9 Å². The van der Waals surface area contributed by atoms with Crippen molar-refractivity contribution < 1.29 is 14.3 Å². The first-order valence-corrected chi connectivity index (χ1v) is 9.94. The van der Waals surface area contributed by atoms with Crippen LogP contribution in [-0.2, 0) is 4.79 Å². The first-order valence-electron chi connectivity index (χ1n) is 9.57. The number of hydrogen-bond donors (Lipinski definition) is 2. The van der Waals surface area contributed by atoms with Crippen LogP contribution in [0, 0.1) is 5.92 Å². The van der Waals surface area contributed by atoms with Gasteiger partial charge in [0, 0.05) is 25.1 Å². The molecule has 0 aromatic heterocycles. The van der Waals surface area contributed by atoms with E-state index in [0.717, 1.165) is 19.4 Å². The first-order chi connectivity index (χ1) is 12.9. The largest absolute Gasteiger partial charge is 0.496 e. The number of methoxy groups -OCH3 is 1. The van der Waals surface area contributed by atoms with Gasteiger partial charge in [0.1, 0.15) is 5.75 Å². The third kappa shape index (κ3) is 4.38. The van der Waals surface area contributed by atoms with E-state index in [2.05, 4.69) is 22.6 Å². The number of carbonyl (C=O) groups is 2. The lowest BCUT2D eigenvalue weighted by Gasteiger charge is -2.47. The summed E-state index contributed by atoms with van der Waals surface area (Å²) < 4.78 is 5.38. The third-order valence-corrected chi connectivity index (χ3v) is 6.05. The highest BCUT2D eigenvalue weighted by Gasteiger charge is 2.39. The van der Waals surface area contributed by atoms with E-state index >= 15 is 0 Å². The molecule has 3 atom stereocenters. The predicted octanol–water partition coefficient (Wildman–Crippen LogP) is 3.30. The van der Waals surface area contributed by atoms with Crippen molar-refractivity contribution in [2.75, 3.05) is 26.0 Å². The Morgan fingerprint density at radius 3 is 2.67 bits per heavy atom. The highest BCUT2D eigenvalue weighted by molar-refractivity contribution is 6.34. The number of nitrogens with zero attached hydrogens (tertiary/aromatic N) is 1. The number of benzene rings is 1. The molecule has 7 heteroatoms. The van der Waals surface area contributed by atoms with Gasteiger partial charge in [0.05, 0.1) is 23.4 Å². The van der Waals surface area contributed by atoms with Gasteiger partial charge in [-0.2, -0.15) is 0 Å². The van der Waals surface area contributed by atoms with Crippen LogP contribution < -0.4 is 15.4 Å². The molecule has 2 amide bonds. The van der Waals surface area contributed by atoms with Gasteiger partial charge in [0.15, 0.2) is 0 Å². The Balaban J connectivity index is 1.80. The van der Waals surface area contributed by atoms with Crippen LogP contribution in [0.2, 0.25) is 5.02 Å². The summed E-state index contributed by atoms with van der Waals surface area (Å²) in [6, 6.07) is 3.66. The molecule has 6 nitrogen and oxygen atoms in total. The van der Waals surface area contributed by atoms with Gasteiger partial charge in [0.2, 0.25) is 5.91 Å². The summed E-state index contributed by atoms with van der Waals surface area (Å²) in [6.07, 6.45) is 5.83. The van der Waals surface area contributed by atoms with Gasteiger partial charge in [-0.15, -0.1) is 0 Å². The molecule has 1 aliphatic heterocycles. The van der Waals surface area contributed by atoms with Crippen LogP contribution in [0.15, 0.2) is 12.1 Å². The van der Waals surface area contributed by atoms with Gasteiger partial charge >= 0.3 is 0 Å². The summed E-state index contributed by atoms with van der Waals surface area (Å²) in [6.45, 7) is 2.48. The maximum atomic E-state index is 13.0. The van der Waals surface area contributed by atoms with Crippen LogP contribution in [0.25, 0.3) is 0 Å². The second-order valence-electron chi connectivity index (χ2n) is 7.60. The maximum Gasteiger partial charge on any atom is 0.255 e. The summed E-state index contributed by atoms with van der Waals surface area (Å²) in [5, 5.41) is 6.18. The Kier molecular flexibility index (Phi) is 6.27.